The van der Waals surface area contributed by atoms with Crippen molar-refractivity contribution in [2.45, 2.75) is 33.9 Å². The van der Waals surface area contributed by atoms with Crippen LogP contribution < -0.4 is 10.6 Å². The summed E-state index contributed by atoms with van der Waals surface area (Å²) in [6, 6.07) is 4.09. The van der Waals surface area contributed by atoms with E-state index in [1.807, 2.05) is 23.1 Å². The van der Waals surface area contributed by atoms with E-state index in [2.05, 4.69) is 52.9 Å². The topological polar surface area (TPSA) is 54.2 Å². The zero-order chi connectivity index (χ0) is 15.8. The lowest BCUT2D eigenvalue weighted by atomic mass is 10.2. The monoisotopic (exact) mass is 319 g/mol. The van der Waals surface area contributed by atoms with Crippen molar-refractivity contribution in [2.24, 2.45) is 10.9 Å². The quantitative estimate of drug-likeness (QED) is 0.609. The molecule has 0 fully saturated rings. The molecule has 22 heavy (non-hydrogen) atoms. The number of nitrogens with one attached hydrogen (secondary N) is 2. The van der Waals surface area contributed by atoms with Crippen LogP contribution in [0.15, 0.2) is 34.9 Å². The summed E-state index contributed by atoms with van der Waals surface area (Å²) < 4.78 is 1.96. The number of nitrogens with zero attached hydrogens (tertiary/aromatic N) is 3. The van der Waals surface area contributed by atoms with Crippen molar-refractivity contribution in [3.63, 3.8) is 0 Å². The lowest BCUT2D eigenvalue weighted by Crippen LogP contribution is -2.40. The number of aromatic nitrogens is 2. The Labute approximate surface area is 136 Å². The molecule has 0 radical (unpaired) electrons. The first-order chi connectivity index (χ1) is 10.7. The van der Waals surface area contributed by atoms with Gasteiger partial charge in [0, 0.05) is 36.9 Å². The van der Waals surface area contributed by atoms with Crippen molar-refractivity contribution in [1.82, 2.24) is 20.4 Å². The highest BCUT2D eigenvalue weighted by Crippen LogP contribution is 2.16. The highest BCUT2D eigenvalue weighted by Gasteiger charge is 2.06. The second kappa shape index (κ2) is 8.58. The van der Waals surface area contributed by atoms with Crippen LogP contribution in [0.2, 0.25) is 0 Å². The largest absolute Gasteiger partial charge is 0.357 e. The lowest BCUT2D eigenvalue weighted by Gasteiger charge is -2.16. The second-order valence-electron chi connectivity index (χ2n) is 5.44. The Morgan fingerprint density at radius 2 is 2.32 bits per heavy atom. The highest BCUT2D eigenvalue weighted by atomic mass is 32.1. The summed E-state index contributed by atoms with van der Waals surface area (Å²) in [6.07, 6.45) is 3.81. The Balaban J connectivity index is 1.84. The van der Waals surface area contributed by atoms with Gasteiger partial charge in [0.2, 0.25) is 0 Å². The molecule has 0 aliphatic carbocycles. The Bertz CT molecular complexity index is 573. The van der Waals surface area contributed by atoms with Gasteiger partial charge in [0.05, 0.1) is 6.54 Å². The fourth-order valence-electron chi connectivity index (χ4n) is 2.12. The zero-order valence-electron chi connectivity index (χ0n) is 13.5. The molecule has 1 unspecified atom stereocenters. The molecule has 1 atom stereocenters. The third-order valence-electron chi connectivity index (χ3n) is 3.37. The Morgan fingerprint density at radius 1 is 1.45 bits per heavy atom. The number of aryl methyl sites for hydroxylation is 1. The first-order valence-corrected chi connectivity index (χ1v) is 8.59. The van der Waals surface area contributed by atoms with Crippen LogP contribution >= 0.6 is 11.3 Å². The van der Waals surface area contributed by atoms with Crippen LogP contribution in [-0.2, 0) is 13.1 Å². The molecule has 0 spiro atoms. The van der Waals surface area contributed by atoms with Crippen LogP contribution in [0.25, 0.3) is 0 Å². The Hall–Kier alpha value is -1.82. The molecule has 0 aliphatic rings. The number of guanidine groups is 1. The van der Waals surface area contributed by atoms with Crippen molar-refractivity contribution >= 4 is 17.3 Å². The fourth-order valence-corrected chi connectivity index (χ4v) is 2.95. The first kappa shape index (κ1) is 16.5. The molecule has 0 saturated carbocycles. The summed E-state index contributed by atoms with van der Waals surface area (Å²) in [5, 5.41) is 13.1. The minimum atomic E-state index is 0.479. The molecule has 2 rings (SSSR count). The molecule has 0 aliphatic heterocycles. The average molecular weight is 319 g/mol. The Morgan fingerprint density at radius 3 is 2.95 bits per heavy atom. The molecule has 6 heteroatoms. The van der Waals surface area contributed by atoms with Gasteiger partial charge >= 0.3 is 0 Å². The molecular formula is C16H25N5S. The van der Waals surface area contributed by atoms with Crippen molar-refractivity contribution in [1.29, 1.82) is 0 Å². The molecule has 0 saturated heterocycles. The first-order valence-electron chi connectivity index (χ1n) is 7.71. The minimum Gasteiger partial charge on any atom is -0.357 e. The van der Waals surface area contributed by atoms with Gasteiger partial charge in [0.15, 0.2) is 5.96 Å². The smallest absolute Gasteiger partial charge is 0.191 e. The van der Waals surface area contributed by atoms with Gasteiger partial charge in [-0.1, -0.05) is 6.92 Å². The van der Waals surface area contributed by atoms with Crippen LogP contribution in [0.4, 0.5) is 0 Å². The molecule has 5 nitrogen and oxygen atoms in total. The summed E-state index contributed by atoms with van der Waals surface area (Å²) in [5.41, 5.74) is 1.32. The van der Waals surface area contributed by atoms with Crippen LogP contribution in [0.3, 0.4) is 0 Å². The van der Waals surface area contributed by atoms with Crippen molar-refractivity contribution < 1.29 is 0 Å². The number of hydrogen-bond donors (Lipinski definition) is 2. The summed E-state index contributed by atoms with van der Waals surface area (Å²) >= 11 is 1.76. The normalized spacial score (nSPS) is 13.1. The van der Waals surface area contributed by atoms with Crippen LogP contribution in [0.1, 0.15) is 24.3 Å². The van der Waals surface area contributed by atoms with Gasteiger partial charge in [-0.05, 0) is 42.8 Å². The number of rotatable bonds is 7. The van der Waals surface area contributed by atoms with E-state index in [0.717, 1.165) is 32.1 Å². The van der Waals surface area contributed by atoms with E-state index >= 15 is 0 Å². The number of aliphatic imine (C=N–C) groups is 1. The van der Waals surface area contributed by atoms with E-state index in [0.29, 0.717) is 5.92 Å². The van der Waals surface area contributed by atoms with E-state index in [-0.39, 0.29) is 0 Å². The molecule has 2 N–H and O–H groups in total. The average Bonchev–Trinajstić information content (AvgIpc) is 3.14. The van der Waals surface area contributed by atoms with E-state index in [1.165, 1.54) is 10.4 Å². The number of thiophene rings is 1. The molecule has 2 aromatic rings. The van der Waals surface area contributed by atoms with Gasteiger partial charge in [-0.3, -0.25) is 4.68 Å². The van der Waals surface area contributed by atoms with E-state index < -0.39 is 0 Å². The van der Waals surface area contributed by atoms with E-state index in [1.54, 1.807) is 11.3 Å². The standard InChI is InChI=1S/C16H25N5S/c1-4-17-16(19-11-15-14(3)6-9-22-15)18-10-13(2)12-21-8-5-7-20-21/h5-9,13H,4,10-12H2,1-3H3,(H2,17,18,19). The predicted molar refractivity (Wildman–Crippen MR) is 93.3 cm³/mol. The molecular weight excluding hydrogens is 294 g/mol. The number of hydrogen-bond acceptors (Lipinski definition) is 3. The third-order valence-corrected chi connectivity index (χ3v) is 4.38. The molecule has 0 bridgehead atoms. The van der Waals surface area contributed by atoms with Gasteiger partial charge in [0.25, 0.3) is 0 Å². The fraction of sp³-hybridized carbons (Fsp3) is 0.500. The summed E-state index contributed by atoms with van der Waals surface area (Å²) in [4.78, 5) is 5.99. The zero-order valence-corrected chi connectivity index (χ0v) is 14.4. The molecule has 2 aromatic heterocycles. The summed E-state index contributed by atoms with van der Waals surface area (Å²) in [6.45, 7) is 9.80. The van der Waals surface area contributed by atoms with Crippen molar-refractivity contribution in [3.05, 3.63) is 40.3 Å². The van der Waals surface area contributed by atoms with Gasteiger partial charge in [0.1, 0.15) is 0 Å². The van der Waals surface area contributed by atoms with Crippen LogP contribution in [0, 0.1) is 12.8 Å². The van der Waals surface area contributed by atoms with E-state index in [4.69, 9.17) is 0 Å². The van der Waals surface area contributed by atoms with Gasteiger partial charge in [-0.25, -0.2) is 4.99 Å². The predicted octanol–water partition coefficient (Wildman–Crippen LogP) is 2.64. The van der Waals surface area contributed by atoms with Gasteiger partial charge < -0.3 is 10.6 Å². The molecule has 120 valence electrons. The van der Waals surface area contributed by atoms with E-state index in [9.17, 15) is 0 Å². The highest BCUT2D eigenvalue weighted by molar-refractivity contribution is 7.10. The van der Waals surface area contributed by atoms with Gasteiger partial charge in [-0.2, -0.15) is 5.10 Å². The maximum absolute atomic E-state index is 4.67. The molecule has 0 amide bonds. The lowest BCUT2D eigenvalue weighted by molar-refractivity contribution is 0.443. The summed E-state index contributed by atoms with van der Waals surface area (Å²) in [7, 11) is 0. The maximum Gasteiger partial charge on any atom is 0.191 e. The summed E-state index contributed by atoms with van der Waals surface area (Å²) in [5.74, 6) is 1.36. The molecule has 2 heterocycles. The third kappa shape index (κ3) is 5.18. The maximum atomic E-state index is 4.67. The minimum absolute atomic E-state index is 0.479. The van der Waals surface area contributed by atoms with Gasteiger partial charge in [-0.15, -0.1) is 11.3 Å². The Kier molecular flexibility index (Phi) is 6.45. The SMILES string of the molecule is CCNC(=NCc1sccc1C)NCC(C)Cn1cccn1. The van der Waals surface area contributed by atoms with Crippen LogP contribution in [-0.4, -0.2) is 28.8 Å². The molecule has 0 aromatic carbocycles. The van der Waals surface area contributed by atoms with Crippen molar-refractivity contribution in [3.8, 4) is 0 Å². The van der Waals surface area contributed by atoms with Crippen LogP contribution in [0.5, 0.6) is 0 Å². The van der Waals surface area contributed by atoms with Crippen molar-refractivity contribution in [2.75, 3.05) is 13.1 Å². The second-order valence-corrected chi connectivity index (χ2v) is 6.44.